The Morgan fingerprint density at radius 1 is 1.32 bits per heavy atom. The number of nitrogens with zero attached hydrogens (tertiary/aromatic N) is 4. The molecular weight excluding hydrogens is 242 g/mol. The molecule has 2 rings (SSSR count). The van der Waals surface area contributed by atoms with E-state index in [2.05, 4.69) is 20.2 Å². The van der Waals surface area contributed by atoms with Gasteiger partial charge in [0.15, 0.2) is 0 Å². The van der Waals surface area contributed by atoms with Crippen LogP contribution in [0.25, 0.3) is 0 Å². The quantitative estimate of drug-likeness (QED) is 0.858. The molecule has 1 saturated heterocycles. The molecule has 6 nitrogen and oxygen atoms in total. The van der Waals surface area contributed by atoms with Gasteiger partial charge in [-0.1, -0.05) is 0 Å². The van der Waals surface area contributed by atoms with Gasteiger partial charge in [-0.25, -0.2) is 9.97 Å². The number of hydrogen-bond donors (Lipinski definition) is 1. The first-order chi connectivity index (χ1) is 8.89. The van der Waals surface area contributed by atoms with Crippen LogP contribution in [0.1, 0.15) is 19.4 Å². The standard InChI is InChI=1S/C13H21N5O/c1-9-10(14-4)15-8-16-11(9)18-7-6-17(5)12(19)13(18,2)3/h8H,6-7H2,1-5H3,(H,14,15,16). The Hall–Kier alpha value is -1.85. The van der Waals surface area contributed by atoms with E-state index in [1.165, 1.54) is 6.33 Å². The highest BCUT2D eigenvalue weighted by Crippen LogP contribution is 2.30. The van der Waals surface area contributed by atoms with Crippen molar-refractivity contribution in [1.29, 1.82) is 0 Å². The molecule has 0 saturated carbocycles. The summed E-state index contributed by atoms with van der Waals surface area (Å²) in [6, 6.07) is 0. The zero-order valence-corrected chi connectivity index (χ0v) is 12.2. The van der Waals surface area contributed by atoms with Crippen LogP contribution in [0.2, 0.25) is 0 Å². The number of aromatic nitrogens is 2. The third-order valence-corrected chi connectivity index (χ3v) is 3.75. The molecule has 19 heavy (non-hydrogen) atoms. The molecule has 0 unspecified atom stereocenters. The minimum absolute atomic E-state index is 0.114. The van der Waals surface area contributed by atoms with Crippen molar-refractivity contribution >= 4 is 17.5 Å². The number of hydrogen-bond acceptors (Lipinski definition) is 5. The van der Waals surface area contributed by atoms with Crippen LogP contribution in [0, 0.1) is 6.92 Å². The predicted molar refractivity (Wildman–Crippen MR) is 75.4 cm³/mol. The molecular formula is C13H21N5O. The van der Waals surface area contributed by atoms with Gasteiger partial charge in [0, 0.05) is 32.7 Å². The second kappa shape index (κ2) is 4.68. The zero-order chi connectivity index (χ0) is 14.2. The summed E-state index contributed by atoms with van der Waals surface area (Å²) >= 11 is 0. The van der Waals surface area contributed by atoms with E-state index in [1.54, 1.807) is 4.90 Å². The number of nitrogens with one attached hydrogen (secondary N) is 1. The molecule has 0 aromatic carbocycles. The van der Waals surface area contributed by atoms with Gasteiger partial charge in [-0.3, -0.25) is 4.79 Å². The summed E-state index contributed by atoms with van der Waals surface area (Å²) in [5, 5.41) is 3.05. The number of piperazine rings is 1. The highest BCUT2D eigenvalue weighted by molar-refractivity contribution is 5.90. The van der Waals surface area contributed by atoms with Crippen LogP contribution in [-0.2, 0) is 4.79 Å². The van der Waals surface area contributed by atoms with E-state index in [0.717, 1.165) is 23.7 Å². The van der Waals surface area contributed by atoms with Gasteiger partial charge in [0.25, 0.3) is 0 Å². The highest BCUT2D eigenvalue weighted by Gasteiger charge is 2.41. The first kappa shape index (κ1) is 13.6. The largest absolute Gasteiger partial charge is 0.373 e. The Morgan fingerprint density at radius 2 is 2.00 bits per heavy atom. The van der Waals surface area contributed by atoms with Gasteiger partial charge in [-0.05, 0) is 20.8 Å². The van der Waals surface area contributed by atoms with E-state index in [9.17, 15) is 4.79 Å². The van der Waals surface area contributed by atoms with Crippen LogP contribution in [0.3, 0.4) is 0 Å². The summed E-state index contributed by atoms with van der Waals surface area (Å²) in [7, 11) is 3.67. The average molecular weight is 263 g/mol. The van der Waals surface area contributed by atoms with Gasteiger partial charge < -0.3 is 15.1 Å². The van der Waals surface area contributed by atoms with Gasteiger partial charge in [-0.2, -0.15) is 0 Å². The molecule has 104 valence electrons. The molecule has 1 aliphatic rings. The van der Waals surface area contributed by atoms with E-state index in [1.807, 2.05) is 34.9 Å². The molecule has 2 heterocycles. The molecule has 0 radical (unpaired) electrons. The fourth-order valence-electron chi connectivity index (χ4n) is 2.55. The molecule has 1 aromatic heterocycles. The van der Waals surface area contributed by atoms with Crippen molar-refractivity contribution < 1.29 is 4.79 Å². The van der Waals surface area contributed by atoms with Crippen molar-refractivity contribution in [3.8, 4) is 0 Å². The Bertz CT molecular complexity index is 500. The molecule has 6 heteroatoms. The lowest BCUT2D eigenvalue weighted by molar-refractivity contribution is -0.136. The fourth-order valence-corrected chi connectivity index (χ4v) is 2.55. The maximum absolute atomic E-state index is 12.3. The minimum Gasteiger partial charge on any atom is -0.373 e. The first-order valence-corrected chi connectivity index (χ1v) is 6.42. The number of rotatable bonds is 2. The molecule has 0 aliphatic carbocycles. The third-order valence-electron chi connectivity index (χ3n) is 3.75. The van der Waals surface area contributed by atoms with Crippen molar-refractivity contribution in [3.63, 3.8) is 0 Å². The zero-order valence-electron chi connectivity index (χ0n) is 12.2. The van der Waals surface area contributed by atoms with Gasteiger partial charge in [0.05, 0.1) is 0 Å². The Kier molecular flexibility index (Phi) is 3.34. The Labute approximate surface area is 113 Å². The third kappa shape index (κ3) is 2.11. The lowest BCUT2D eigenvalue weighted by atomic mass is 9.97. The van der Waals surface area contributed by atoms with E-state index >= 15 is 0 Å². The SMILES string of the molecule is CNc1ncnc(N2CCN(C)C(=O)C2(C)C)c1C. The summed E-state index contributed by atoms with van der Waals surface area (Å²) < 4.78 is 0. The molecule has 1 amide bonds. The maximum Gasteiger partial charge on any atom is 0.247 e. The molecule has 1 fully saturated rings. The number of likely N-dealkylation sites (N-methyl/N-ethyl adjacent to an activating group) is 1. The van der Waals surface area contributed by atoms with Crippen molar-refractivity contribution in [1.82, 2.24) is 14.9 Å². The smallest absolute Gasteiger partial charge is 0.247 e. The summed E-state index contributed by atoms with van der Waals surface area (Å²) in [5.74, 6) is 1.74. The molecule has 1 aromatic rings. The van der Waals surface area contributed by atoms with Crippen LogP contribution >= 0.6 is 0 Å². The first-order valence-electron chi connectivity index (χ1n) is 6.42. The van der Waals surface area contributed by atoms with Crippen molar-refractivity contribution in [3.05, 3.63) is 11.9 Å². The summed E-state index contributed by atoms with van der Waals surface area (Å²) in [6.45, 7) is 7.33. The topological polar surface area (TPSA) is 61.4 Å². The molecule has 1 aliphatic heterocycles. The van der Waals surface area contributed by atoms with Crippen LogP contribution in [0.5, 0.6) is 0 Å². The monoisotopic (exact) mass is 263 g/mol. The summed E-state index contributed by atoms with van der Waals surface area (Å²) in [4.78, 5) is 24.7. The Morgan fingerprint density at radius 3 is 2.63 bits per heavy atom. The second-order valence-electron chi connectivity index (χ2n) is 5.36. The van der Waals surface area contributed by atoms with E-state index in [4.69, 9.17) is 0 Å². The lowest BCUT2D eigenvalue weighted by Crippen LogP contribution is -2.62. The molecule has 0 atom stereocenters. The van der Waals surface area contributed by atoms with Crippen molar-refractivity contribution in [2.24, 2.45) is 0 Å². The van der Waals surface area contributed by atoms with Gasteiger partial charge in [0.1, 0.15) is 23.5 Å². The summed E-state index contributed by atoms with van der Waals surface area (Å²) in [6.07, 6.45) is 1.53. The Balaban J connectivity index is 2.44. The highest BCUT2D eigenvalue weighted by atomic mass is 16.2. The van der Waals surface area contributed by atoms with Crippen LogP contribution < -0.4 is 10.2 Å². The molecule has 0 bridgehead atoms. The molecule has 0 spiro atoms. The van der Waals surface area contributed by atoms with Gasteiger partial charge in [-0.15, -0.1) is 0 Å². The lowest BCUT2D eigenvalue weighted by Gasteiger charge is -2.45. The molecule has 1 N–H and O–H groups in total. The van der Waals surface area contributed by atoms with Gasteiger partial charge >= 0.3 is 0 Å². The van der Waals surface area contributed by atoms with Gasteiger partial charge in [0.2, 0.25) is 5.91 Å². The number of anilines is 2. The number of amides is 1. The fraction of sp³-hybridized carbons (Fsp3) is 0.615. The van der Waals surface area contributed by atoms with Crippen molar-refractivity contribution in [2.45, 2.75) is 26.3 Å². The predicted octanol–water partition coefficient (Wildman–Crippen LogP) is 0.884. The van der Waals surface area contributed by atoms with Crippen LogP contribution in [0.4, 0.5) is 11.6 Å². The van der Waals surface area contributed by atoms with E-state index < -0.39 is 5.54 Å². The number of carbonyl (C=O) groups excluding carboxylic acids is 1. The van der Waals surface area contributed by atoms with E-state index in [-0.39, 0.29) is 5.91 Å². The summed E-state index contributed by atoms with van der Waals surface area (Å²) in [5.41, 5.74) is 0.382. The maximum atomic E-state index is 12.3. The second-order valence-corrected chi connectivity index (χ2v) is 5.36. The average Bonchev–Trinajstić information content (AvgIpc) is 2.37. The normalized spacial score (nSPS) is 18.7. The van der Waals surface area contributed by atoms with E-state index in [0.29, 0.717) is 6.54 Å². The van der Waals surface area contributed by atoms with Crippen molar-refractivity contribution in [2.75, 3.05) is 37.4 Å². The van der Waals surface area contributed by atoms with Crippen LogP contribution in [0.15, 0.2) is 6.33 Å². The minimum atomic E-state index is -0.586. The number of carbonyl (C=O) groups is 1. The van der Waals surface area contributed by atoms with Crippen LogP contribution in [-0.4, -0.2) is 53.5 Å².